The van der Waals surface area contributed by atoms with E-state index in [0.717, 1.165) is 16.8 Å². The van der Waals surface area contributed by atoms with Crippen molar-refractivity contribution in [2.45, 2.75) is 17.9 Å². The molecule has 0 radical (unpaired) electrons. The Hall–Kier alpha value is -2.35. The van der Waals surface area contributed by atoms with Gasteiger partial charge < -0.3 is 0 Å². The van der Waals surface area contributed by atoms with Gasteiger partial charge >= 0.3 is 0 Å². The van der Waals surface area contributed by atoms with Crippen LogP contribution in [0.4, 0.5) is 4.39 Å². The summed E-state index contributed by atoms with van der Waals surface area (Å²) >= 11 is 5.84. The van der Waals surface area contributed by atoms with E-state index in [1.54, 1.807) is 30.5 Å². The van der Waals surface area contributed by atoms with Crippen molar-refractivity contribution in [3.8, 4) is 11.4 Å². The number of hydrogen-bond donors (Lipinski definition) is 0. The van der Waals surface area contributed by atoms with E-state index in [-0.39, 0.29) is 17.3 Å². The molecule has 8 heteroatoms. The van der Waals surface area contributed by atoms with E-state index < -0.39 is 10.0 Å². The van der Waals surface area contributed by atoms with E-state index in [2.05, 4.69) is 9.97 Å². The third-order valence-corrected chi connectivity index (χ3v) is 6.56. The van der Waals surface area contributed by atoms with Gasteiger partial charge in [0.15, 0.2) is 5.82 Å². The van der Waals surface area contributed by atoms with Crippen LogP contribution in [0.1, 0.15) is 11.3 Å². The SMILES string of the molecule is O=S(=O)(c1ccc(Cl)cc1)N1CCc2nc(-c3ccc(F)cc3)ncc2C1. The molecule has 27 heavy (non-hydrogen) atoms. The number of aromatic nitrogens is 2. The largest absolute Gasteiger partial charge is 0.243 e. The fraction of sp³-hybridized carbons (Fsp3) is 0.158. The Balaban J connectivity index is 1.60. The fourth-order valence-electron chi connectivity index (χ4n) is 2.99. The van der Waals surface area contributed by atoms with Crippen LogP contribution in [0.3, 0.4) is 0 Å². The second kappa shape index (κ2) is 6.99. The van der Waals surface area contributed by atoms with Crippen LogP contribution < -0.4 is 0 Å². The minimum absolute atomic E-state index is 0.208. The van der Waals surface area contributed by atoms with Crippen LogP contribution in [0.25, 0.3) is 11.4 Å². The van der Waals surface area contributed by atoms with Gasteiger partial charge in [0.2, 0.25) is 10.0 Å². The summed E-state index contributed by atoms with van der Waals surface area (Å²) in [7, 11) is -3.61. The van der Waals surface area contributed by atoms with Crippen LogP contribution >= 0.6 is 11.6 Å². The first kappa shape index (κ1) is 18.0. The molecule has 0 spiro atoms. The highest BCUT2D eigenvalue weighted by molar-refractivity contribution is 7.89. The van der Waals surface area contributed by atoms with E-state index in [1.165, 1.54) is 28.6 Å². The predicted molar refractivity (Wildman–Crippen MR) is 100 cm³/mol. The van der Waals surface area contributed by atoms with Gasteiger partial charge in [0.1, 0.15) is 5.82 Å². The molecule has 0 N–H and O–H groups in total. The predicted octanol–water partition coefficient (Wildman–Crippen LogP) is 3.68. The molecule has 1 aliphatic rings. The molecule has 138 valence electrons. The molecule has 0 aliphatic carbocycles. The zero-order valence-corrected chi connectivity index (χ0v) is 15.7. The molecule has 3 aromatic rings. The molecule has 0 atom stereocenters. The van der Waals surface area contributed by atoms with E-state index in [4.69, 9.17) is 11.6 Å². The normalized spacial score (nSPS) is 14.7. The molecule has 1 aromatic heterocycles. The second-order valence-corrected chi connectivity index (χ2v) is 8.59. The van der Waals surface area contributed by atoms with Crippen molar-refractivity contribution in [2.24, 2.45) is 0 Å². The first-order chi connectivity index (χ1) is 12.9. The third-order valence-electron chi connectivity index (χ3n) is 4.45. The maximum absolute atomic E-state index is 13.1. The van der Waals surface area contributed by atoms with Crippen LogP contribution in [0, 0.1) is 5.82 Å². The topological polar surface area (TPSA) is 63.2 Å². The lowest BCUT2D eigenvalue weighted by molar-refractivity contribution is 0.387. The molecule has 4 rings (SSSR count). The number of rotatable bonds is 3. The van der Waals surface area contributed by atoms with Crippen molar-refractivity contribution in [1.82, 2.24) is 14.3 Å². The molecule has 0 fully saturated rings. The monoisotopic (exact) mass is 403 g/mol. The molecular weight excluding hydrogens is 389 g/mol. The van der Waals surface area contributed by atoms with Crippen LogP contribution in [-0.4, -0.2) is 29.2 Å². The van der Waals surface area contributed by atoms with Crippen LogP contribution in [0.15, 0.2) is 59.6 Å². The van der Waals surface area contributed by atoms with E-state index >= 15 is 0 Å². The van der Waals surface area contributed by atoms with Gasteiger partial charge in [-0.05, 0) is 48.5 Å². The Morgan fingerprint density at radius 2 is 1.74 bits per heavy atom. The summed E-state index contributed by atoms with van der Waals surface area (Å²) in [6.07, 6.45) is 2.13. The number of benzene rings is 2. The number of nitrogens with zero attached hydrogens (tertiary/aromatic N) is 3. The molecular formula is C19H15ClFN3O2S. The molecule has 0 saturated heterocycles. The minimum Gasteiger partial charge on any atom is -0.236 e. The Labute approximate surface area is 161 Å². The first-order valence-corrected chi connectivity index (χ1v) is 10.1. The quantitative estimate of drug-likeness (QED) is 0.669. The van der Waals surface area contributed by atoms with Gasteiger partial charge in [-0.25, -0.2) is 22.8 Å². The summed E-state index contributed by atoms with van der Waals surface area (Å²) in [5.41, 5.74) is 2.30. The van der Waals surface area contributed by atoms with Crippen molar-refractivity contribution in [3.63, 3.8) is 0 Å². The molecule has 5 nitrogen and oxygen atoms in total. The third kappa shape index (κ3) is 3.58. The Kier molecular flexibility index (Phi) is 4.67. The van der Waals surface area contributed by atoms with Crippen molar-refractivity contribution in [3.05, 3.63) is 76.8 Å². The Bertz CT molecular complexity index is 1090. The lowest BCUT2D eigenvalue weighted by Crippen LogP contribution is -2.36. The molecule has 0 bridgehead atoms. The minimum atomic E-state index is -3.61. The van der Waals surface area contributed by atoms with Crippen molar-refractivity contribution < 1.29 is 12.8 Å². The highest BCUT2D eigenvalue weighted by atomic mass is 35.5. The highest BCUT2D eigenvalue weighted by Crippen LogP contribution is 2.26. The summed E-state index contributed by atoms with van der Waals surface area (Å²) in [5, 5.41) is 0.486. The van der Waals surface area contributed by atoms with E-state index in [9.17, 15) is 12.8 Å². The highest BCUT2D eigenvalue weighted by Gasteiger charge is 2.29. The van der Waals surface area contributed by atoms with Gasteiger partial charge in [-0.3, -0.25) is 0 Å². The van der Waals surface area contributed by atoms with Gasteiger partial charge in [-0.2, -0.15) is 4.31 Å². The summed E-state index contributed by atoms with van der Waals surface area (Å²) in [5.74, 6) is 0.183. The first-order valence-electron chi connectivity index (χ1n) is 8.30. The molecule has 0 saturated carbocycles. The summed E-state index contributed by atoms with van der Waals surface area (Å²) in [6.45, 7) is 0.543. The van der Waals surface area contributed by atoms with Gasteiger partial charge in [-0.1, -0.05) is 11.6 Å². The fourth-order valence-corrected chi connectivity index (χ4v) is 4.53. The molecule has 1 aliphatic heterocycles. The van der Waals surface area contributed by atoms with Crippen LogP contribution in [-0.2, 0) is 23.0 Å². The zero-order valence-electron chi connectivity index (χ0n) is 14.1. The van der Waals surface area contributed by atoms with Gasteiger partial charge in [-0.15, -0.1) is 0 Å². The van der Waals surface area contributed by atoms with Gasteiger partial charge in [0.05, 0.1) is 10.6 Å². The smallest absolute Gasteiger partial charge is 0.236 e. The Morgan fingerprint density at radius 1 is 1.04 bits per heavy atom. The maximum atomic E-state index is 13.1. The van der Waals surface area contributed by atoms with Crippen LogP contribution in [0.2, 0.25) is 5.02 Å². The Morgan fingerprint density at radius 3 is 2.44 bits per heavy atom. The molecule has 0 unspecified atom stereocenters. The van der Waals surface area contributed by atoms with Crippen molar-refractivity contribution in [2.75, 3.05) is 6.54 Å². The van der Waals surface area contributed by atoms with Crippen molar-refractivity contribution in [1.29, 1.82) is 0 Å². The number of halogens is 2. The standard InChI is InChI=1S/C19H15ClFN3O2S/c20-15-3-7-17(8-4-15)27(25,26)24-10-9-18-14(12-24)11-22-19(23-18)13-1-5-16(21)6-2-13/h1-8,11H,9-10,12H2. The second-order valence-electron chi connectivity index (χ2n) is 6.21. The lowest BCUT2D eigenvalue weighted by Gasteiger charge is -2.27. The number of hydrogen-bond acceptors (Lipinski definition) is 4. The lowest BCUT2D eigenvalue weighted by atomic mass is 10.1. The van der Waals surface area contributed by atoms with E-state index in [1.807, 2.05) is 0 Å². The number of fused-ring (bicyclic) bond motifs is 1. The van der Waals surface area contributed by atoms with E-state index in [0.29, 0.717) is 23.8 Å². The zero-order chi connectivity index (χ0) is 19.0. The van der Waals surface area contributed by atoms with Crippen molar-refractivity contribution >= 4 is 21.6 Å². The summed E-state index contributed by atoms with van der Waals surface area (Å²) < 4.78 is 40.2. The molecule has 2 heterocycles. The van der Waals surface area contributed by atoms with Crippen LogP contribution in [0.5, 0.6) is 0 Å². The molecule has 0 amide bonds. The summed E-state index contributed by atoms with van der Waals surface area (Å²) in [6, 6.07) is 12.1. The van der Waals surface area contributed by atoms with Gasteiger partial charge in [0.25, 0.3) is 0 Å². The maximum Gasteiger partial charge on any atom is 0.243 e. The number of sulfonamides is 1. The summed E-state index contributed by atoms with van der Waals surface area (Å²) in [4.78, 5) is 9.07. The average Bonchev–Trinajstić information content (AvgIpc) is 2.68. The average molecular weight is 404 g/mol. The molecule has 2 aromatic carbocycles. The van der Waals surface area contributed by atoms with Gasteiger partial charge in [0, 0.05) is 41.9 Å².